The molecule has 0 fully saturated rings. The minimum atomic E-state index is -1.01. The fourth-order valence-corrected chi connectivity index (χ4v) is 1.53. The van der Waals surface area contributed by atoms with Crippen molar-refractivity contribution in [1.82, 2.24) is 10.6 Å². The normalized spacial score (nSPS) is 14.3. The standard InChI is InChI=1S/C11H22N2O3/c1-5-9(10(14)15)13-11(16)12-8(4)6-7(2)3/h7-9H,5-6H2,1-4H3,(H,14,15)(H2,12,13,16)/t8?,9-/m1/s1. The van der Waals surface area contributed by atoms with Crippen molar-refractivity contribution in [3.05, 3.63) is 0 Å². The maximum absolute atomic E-state index is 11.4. The van der Waals surface area contributed by atoms with Crippen molar-refractivity contribution >= 4 is 12.0 Å². The van der Waals surface area contributed by atoms with Crippen molar-refractivity contribution in [3.8, 4) is 0 Å². The van der Waals surface area contributed by atoms with Crippen LogP contribution in [0.15, 0.2) is 0 Å². The highest BCUT2D eigenvalue weighted by Gasteiger charge is 2.18. The van der Waals surface area contributed by atoms with E-state index >= 15 is 0 Å². The third kappa shape index (κ3) is 6.27. The Morgan fingerprint density at radius 1 is 1.19 bits per heavy atom. The molecule has 94 valence electrons. The van der Waals surface area contributed by atoms with Gasteiger partial charge in [0.25, 0.3) is 0 Å². The molecule has 0 aliphatic rings. The first-order valence-corrected chi connectivity index (χ1v) is 5.66. The minimum Gasteiger partial charge on any atom is -0.480 e. The van der Waals surface area contributed by atoms with Crippen molar-refractivity contribution in [3.63, 3.8) is 0 Å². The predicted octanol–water partition coefficient (Wildman–Crippen LogP) is 1.58. The van der Waals surface area contributed by atoms with Gasteiger partial charge in [0.05, 0.1) is 0 Å². The van der Waals surface area contributed by atoms with Crippen molar-refractivity contribution in [2.45, 2.75) is 52.6 Å². The first kappa shape index (κ1) is 14.7. The number of carbonyl (C=O) groups excluding carboxylic acids is 1. The quantitative estimate of drug-likeness (QED) is 0.648. The van der Waals surface area contributed by atoms with Gasteiger partial charge in [-0.2, -0.15) is 0 Å². The predicted molar refractivity (Wildman–Crippen MR) is 62.3 cm³/mol. The summed E-state index contributed by atoms with van der Waals surface area (Å²) in [6, 6.07) is -1.18. The molecule has 0 saturated heterocycles. The van der Waals surface area contributed by atoms with Crippen molar-refractivity contribution < 1.29 is 14.7 Å². The SMILES string of the molecule is CC[C@@H](NC(=O)NC(C)CC(C)C)C(=O)O. The summed E-state index contributed by atoms with van der Waals surface area (Å²) in [6.07, 6.45) is 1.25. The molecule has 0 heterocycles. The van der Waals surface area contributed by atoms with E-state index in [-0.39, 0.29) is 6.04 Å². The number of carboxylic acids is 1. The molecule has 0 aromatic rings. The van der Waals surface area contributed by atoms with Gasteiger partial charge >= 0.3 is 12.0 Å². The van der Waals surface area contributed by atoms with Crippen LogP contribution in [0.2, 0.25) is 0 Å². The summed E-state index contributed by atoms with van der Waals surface area (Å²) in [5, 5.41) is 13.9. The van der Waals surface area contributed by atoms with Crippen LogP contribution in [-0.4, -0.2) is 29.2 Å². The number of aliphatic carboxylic acids is 1. The van der Waals surface area contributed by atoms with E-state index in [1.165, 1.54) is 0 Å². The molecular formula is C11H22N2O3. The third-order valence-corrected chi connectivity index (χ3v) is 2.21. The zero-order chi connectivity index (χ0) is 12.7. The molecule has 0 aliphatic heterocycles. The lowest BCUT2D eigenvalue weighted by Crippen LogP contribution is -2.48. The van der Waals surface area contributed by atoms with Crippen molar-refractivity contribution in [2.24, 2.45) is 5.92 Å². The highest BCUT2D eigenvalue weighted by Crippen LogP contribution is 2.03. The van der Waals surface area contributed by atoms with Crippen LogP contribution in [0.1, 0.15) is 40.5 Å². The van der Waals surface area contributed by atoms with Gasteiger partial charge < -0.3 is 15.7 Å². The van der Waals surface area contributed by atoms with Gasteiger partial charge in [-0.05, 0) is 25.7 Å². The van der Waals surface area contributed by atoms with E-state index in [4.69, 9.17) is 5.11 Å². The summed E-state index contributed by atoms with van der Waals surface area (Å²) in [5.41, 5.74) is 0. The highest BCUT2D eigenvalue weighted by molar-refractivity contribution is 5.82. The number of hydrogen-bond acceptors (Lipinski definition) is 2. The fourth-order valence-electron chi connectivity index (χ4n) is 1.53. The van der Waals surface area contributed by atoms with Gasteiger partial charge in [-0.3, -0.25) is 0 Å². The Morgan fingerprint density at radius 3 is 2.12 bits per heavy atom. The van der Waals surface area contributed by atoms with Crippen LogP contribution in [0, 0.1) is 5.92 Å². The van der Waals surface area contributed by atoms with E-state index < -0.39 is 18.0 Å². The first-order chi connectivity index (χ1) is 7.36. The molecule has 5 nitrogen and oxygen atoms in total. The minimum absolute atomic E-state index is 0.0475. The molecule has 2 atom stereocenters. The molecule has 0 spiro atoms. The Balaban J connectivity index is 4.02. The molecule has 2 amide bonds. The molecule has 0 radical (unpaired) electrons. The topological polar surface area (TPSA) is 78.4 Å². The van der Waals surface area contributed by atoms with Crippen LogP contribution in [0.3, 0.4) is 0 Å². The summed E-state index contributed by atoms with van der Waals surface area (Å²) in [4.78, 5) is 22.1. The first-order valence-electron chi connectivity index (χ1n) is 5.66. The molecule has 0 aliphatic carbocycles. The number of hydrogen-bond donors (Lipinski definition) is 3. The Hall–Kier alpha value is -1.26. The summed E-state index contributed by atoms with van der Waals surface area (Å²) in [5.74, 6) is -0.508. The second-order valence-corrected chi connectivity index (χ2v) is 4.45. The average Bonchev–Trinajstić information content (AvgIpc) is 2.11. The molecule has 0 saturated carbocycles. The molecule has 0 aromatic carbocycles. The molecule has 16 heavy (non-hydrogen) atoms. The van der Waals surface area contributed by atoms with E-state index in [2.05, 4.69) is 24.5 Å². The Kier molecular flexibility index (Phi) is 6.53. The number of urea groups is 1. The number of rotatable bonds is 6. The summed E-state index contributed by atoms with van der Waals surface area (Å²) in [7, 11) is 0. The van der Waals surface area contributed by atoms with Gasteiger partial charge in [0, 0.05) is 6.04 Å². The summed E-state index contributed by atoms with van der Waals surface area (Å²) < 4.78 is 0. The molecular weight excluding hydrogens is 208 g/mol. The Labute approximate surface area is 96.6 Å². The van der Waals surface area contributed by atoms with Crippen molar-refractivity contribution in [2.75, 3.05) is 0 Å². The highest BCUT2D eigenvalue weighted by atomic mass is 16.4. The number of carbonyl (C=O) groups is 2. The second-order valence-electron chi connectivity index (χ2n) is 4.45. The Bertz CT molecular complexity index is 241. The molecule has 3 N–H and O–H groups in total. The van der Waals surface area contributed by atoms with Crippen LogP contribution < -0.4 is 10.6 Å². The molecule has 5 heteroatoms. The monoisotopic (exact) mass is 230 g/mol. The van der Waals surface area contributed by atoms with Gasteiger partial charge in [0.2, 0.25) is 0 Å². The van der Waals surface area contributed by atoms with Crippen LogP contribution in [0.4, 0.5) is 4.79 Å². The lowest BCUT2D eigenvalue weighted by atomic mass is 10.1. The van der Waals surface area contributed by atoms with Crippen LogP contribution in [0.25, 0.3) is 0 Å². The Morgan fingerprint density at radius 2 is 1.75 bits per heavy atom. The van der Waals surface area contributed by atoms with Crippen LogP contribution in [-0.2, 0) is 4.79 Å². The number of carboxylic acid groups (broad SMARTS) is 1. The average molecular weight is 230 g/mol. The summed E-state index contributed by atoms with van der Waals surface area (Å²) in [6.45, 7) is 7.77. The molecule has 0 aromatic heterocycles. The van der Waals surface area contributed by atoms with E-state index in [0.29, 0.717) is 12.3 Å². The van der Waals surface area contributed by atoms with Gasteiger partial charge in [-0.15, -0.1) is 0 Å². The number of nitrogens with one attached hydrogen (secondary N) is 2. The van der Waals surface area contributed by atoms with E-state index in [0.717, 1.165) is 6.42 Å². The van der Waals surface area contributed by atoms with Gasteiger partial charge in [0.1, 0.15) is 6.04 Å². The zero-order valence-electron chi connectivity index (χ0n) is 10.4. The van der Waals surface area contributed by atoms with Crippen molar-refractivity contribution in [1.29, 1.82) is 0 Å². The molecule has 1 unspecified atom stereocenters. The maximum Gasteiger partial charge on any atom is 0.326 e. The third-order valence-electron chi connectivity index (χ3n) is 2.21. The smallest absolute Gasteiger partial charge is 0.326 e. The summed E-state index contributed by atoms with van der Waals surface area (Å²) >= 11 is 0. The van der Waals surface area contributed by atoms with Gasteiger partial charge in [0.15, 0.2) is 0 Å². The van der Waals surface area contributed by atoms with Gasteiger partial charge in [-0.25, -0.2) is 9.59 Å². The fraction of sp³-hybridized carbons (Fsp3) is 0.818. The molecule has 0 rings (SSSR count). The van der Waals surface area contributed by atoms with Crippen LogP contribution in [0.5, 0.6) is 0 Å². The van der Waals surface area contributed by atoms with Crippen LogP contribution >= 0.6 is 0 Å². The van der Waals surface area contributed by atoms with E-state index in [9.17, 15) is 9.59 Å². The maximum atomic E-state index is 11.4. The molecule has 0 bridgehead atoms. The lowest BCUT2D eigenvalue weighted by Gasteiger charge is -2.18. The zero-order valence-corrected chi connectivity index (χ0v) is 10.4. The lowest BCUT2D eigenvalue weighted by molar-refractivity contribution is -0.139. The van der Waals surface area contributed by atoms with E-state index in [1.807, 2.05) is 6.92 Å². The number of amides is 2. The second kappa shape index (κ2) is 7.09. The van der Waals surface area contributed by atoms with E-state index in [1.54, 1.807) is 6.92 Å². The van der Waals surface area contributed by atoms with Gasteiger partial charge in [-0.1, -0.05) is 20.8 Å². The largest absolute Gasteiger partial charge is 0.480 e.